The van der Waals surface area contributed by atoms with Gasteiger partial charge in [0.2, 0.25) is 0 Å². The predicted octanol–water partition coefficient (Wildman–Crippen LogP) is 3.16. The highest BCUT2D eigenvalue weighted by atomic mass is 32.1. The van der Waals surface area contributed by atoms with Crippen molar-refractivity contribution in [3.8, 4) is 11.5 Å². The van der Waals surface area contributed by atoms with Crippen LogP contribution >= 0.6 is 11.3 Å². The molecule has 2 aromatic rings. The fourth-order valence-electron chi connectivity index (χ4n) is 2.66. The summed E-state index contributed by atoms with van der Waals surface area (Å²) in [6, 6.07) is 9.32. The van der Waals surface area contributed by atoms with Gasteiger partial charge in [0.15, 0.2) is 0 Å². The average Bonchev–Trinajstić information content (AvgIpc) is 3.11. The minimum Gasteiger partial charge on any atom is -0.456 e. The van der Waals surface area contributed by atoms with E-state index in [2.05, 4.69) is 23.2 Å². The minimum atomic E-state index is -0.0522. The maximum Gasteiger partial charge on any atom is 0.251 e. The molecular formula is C19H24N2O3S. The topological polar surface area (TPSA) is 50.8 Å². The number of nitrogens with one attached hydrogen (secondary N) is 1. The Hall–Kier alpha value is -1.89. The van der Waals surface area contributed by atoms with Crippen LogP contribution in [0, 0.1) is 0 Å². The quantitative estimate of drug-likeness (QED) is 0.824. The molecule has 0 spiro atoms. The number of morpholine rings is 1. The van der Waals surface area contributed by atoms with Gasteiger partial charge in [-0.3, -0.25) is 9.69 Å². The van der Waals surface area contributed by atoms with Gasteiger partial charge in [0.1, 0.15) is 11.5 Å². The number of rotatable bonds is 7. The molecule has 6 heteroatoms. The SMILES string of the molecule is CCc1cc(Oc2ccc(C(=O)NCCN3CCOCC3)cc2)cs1. The van der Waals surface area contributed by atoms with Crippen LogP contribution in [0.3, 0.4) is 0 Å². The van der Waals surface area contributed by atoms with E-state index in [4.69, 9.17) is 9.47 Å². The molecule has 0 bridgehead atoms. The molecule has 1 N–H and O–H groups in total. The molecule has 1 aliphatic rings. The Labute approximate surface area is 152 Å². The number of hydrogen-bond donors (Lipinski definition) is 1. The van der Waals surface area contributed by atoms with Gasteiger partial charge in [-0.1, -0.05) is 6.92 Å². The lowest BCUT2D eigenvalue weighted by molar-refractivity contribution is 0.0383. The number of amides is 1. The lowest BCUT2D eigenvalue weighted by Crippen LogP contribution is -2.41. The van der Waals surface area contributed by atoms with Crippen LogP contribution in [0.4, 0.5) is 0 Å². The van der Waals surface area contributed by atoms with Crippen molar-refractivity contribution in [2.75, 3.05) is 39.4 Å². The number of hydrogen-bond acceptors (Lipinski definition) is 5. The van der Waals surface area contributed by atoms with Crippen LogP contribution in [-0.4, -0.2) is 50.2 Å². The largest absolute Gasteiger partial charge is 0.456 e. The minimum absolute atomic E-state index is 0.0522. The van der Waals surface area contributed by atoms with Crippen molar-refractivity contribution in [3.05, 3.63) is 46.2 Å². The molecule has 1 fully saturated rings. The maximum absolute atomic E-state index is 12.2. The lowest BCUT2D eigenvalue weighted by atomic mass is 10.2. The normalized spacial score (nSPS) is 15.1. The summed E-state index contributed by atoms with van der Waals surface area (Å²) < 4.78 is 11.1. The molecule has 0 saturated carbocycles. The maximum atomic E-state index is 12.2. The zero-order chi connectivity index (χ0) is 17.5. The third-order valence-corrected chi connectivity index (χ3v) is 5.21. The summed E-state index contributed by atoms with van der Waals surface area (Å²) in [7, 11) is 0. The van der Waals surface area contributed by atoms with E-state index >= 15 is 0 Å². The van der Waals surface area contributed by atoms with Crippen molar-refractivity contribution in [3.63, 3.8) is 0 Å². The van der Waals surface area contributed by atoms with Crippen LogP contribution in [0.5, 0.6) is 11.5 Å². The van der Waals surface area contributed by atoms with E-state index in [1.54, 1.807) is 23.5 Å². The molecule has 0 atom stereocenters. The molecule has 0 radical (unpaired) electrons. The van der Waals surface area contributed by atoms with Crippen molar-refractivity contribution < 1.29 is 14.3 Å². The van der Waals surface area contributed by atoms with Gasteiger partial charge in [-0.15, -0.1) is 11.3 Å². The van der Waals surface area contributed by atoms with Gasteiger partial charge < -0.3 is 14.8 Å². The Morgan fingerprint density at radius 3 is 2.68 bits per heavy atom. The summed E-state index contributed by atoms with van der Waals surface area (Å²) in [5.74, 6) is 1.54. The predicted molar refractivity (Wildman–Crippen MR) is 99.8 cm³/mol. The molecule has 1 aromatic carbocycles. The van der Waals surface area contributed by atoms with Gasteiger partial charge >= 0.3 is 0 Å². The Morgan fingerprint density at radius 2 is 2.00 bits per heavy atom. The smallest absolute Gasteiger partial charge is 0.251 e. The first-order valence-corrected chi connectivity index (χ1v) is 9.56. The van der Waals surface area contributed by atoms with E-state index in [1.165, 1.54) is 4.88 Å². The van der Waals surface area contributed by atoms with Crippen molar-refractivity contribution in [1.29, 1.82) is 0 Å². The Morgan fingerprint density at radius 1 is 1.24 bits per heavy atom. The fourth-order valence-corrected chi connectivity index (χ4v) is 3.40. The van der Waals surface area contributed by atoms with Gasteiger partial charge in [-0.2, -0.15) is 0 Å². The van der Waals surface area contributed by atoms with Gasteiger partial charge in [0.05, 0.1) is 13.2 Å². The summed E-state index contributed by atoms with van der Waals surface area (Å²) in [6.07, 6.45) is 1.01. The first-order valence-electron chi connectivity index (χ1n) is 8.68. The lowest BCUT2D eigenvalue weighted by Gasteiger charge is -2.26. The summed E-state index contributed by atoms with van der Waals surface area (Å²) in [5, 5.41) is 4.97. The van der Waals surface area contributed by atoms with Crippen molar-refractivity contribution in [1.82, 2.24) is 10.2 Å². The van der Waals surface area contributed by atoms with E-state index < -0.39 is 0 Å². The number of ether oxygens (including phenoxy) is 2. The molecule has 1 aliphatic heterocycles. The molecule has 3 rings (SSSR count). The summed E-state index contributed by atoms with van der Waals surface area (Å²) in [5.41, 5.74) is 0.647. The van der Waals surface area contributed by atoms with Crippen LogP contribution in [0.1, 0.15) is 22.2 Å². The zero-order valence-corrected chi connectivity index (χ0v) is 15.3. The van der Waals surface area contributed by atoms with Crippen molar-refractivity contribution in [2.24, 2.45) is 0 Å². The molecule has 1 saturated heterocycles. The number of carbonyl (C=O) groups is 1. The number of nitrogens with zero attached hydrogens (tertiary/aromatic N) is 1. The molecule has 1 aromatic heterocycles. The van der Waals surface area contributed by atoms with Crippen LogP contribution < -0.4 is 10.1 Å². The van der Waals surface area contributed by atoms with Crippen LogP contribution in [0.25, 0.3) is 0 Å². The van der Waals surface area contributed by atoms with Crippen LogP contribution in [-0.2, 0) is 11.2 Å². The first kappa shape index (κ1) is 17.9. The highest BCUT2D eigenvalue weighted by Crippen LogP contribution is 2.27. The molecule has 1 amide bonds. The standard InChI is InChI=1S/C19H24N2O3S/c1-2-18-13-17(14-25-18)24-16-5-3-15(4-6-16)19(22)20-7-8-21-9-11-23-12-10-21/h3-6,13-14H,2,7-12H2,1H3,(H,20,22). The van der Waals surface area contributed by atoms with Gasteiger partial charge in [0.25, 0.3) is 5.91 Å². The molecule has 134 valence electrons. The second-order valence-corrected chi connectivity index (χ2v) is 6.93. The number of thiophene rings is 1. The van der Waals surface area contributed by atoms with E-state index in [9.17, 15) is 4.79 Å². The molecule has 0 unspecified atom stereocenters. The van der Waals surface area contributed by atoms with E-state index in [0.717, 1.165) is 50.8 Å². The summed E-state index contributed by atoms with van der Waals surface area (Å²) >= 11 is 1.70. The monoisotopic (exact) mass is 360 g/mol. The van der Waals surface area contributed by atoms with E-state index in [1.807, 2.05) is 17.5 Å². The second kappa shape index (κ2) is 8.99. The number of aryl methyl sites for hydroxylation is 1. The average molecular weight is 360 g/mol. The van der Waals surface area contributed by atoms with Crippen molar-refractivity contribution in [2.45, 2.75) is 13.3 Å². The first-order chi connectivity index (χ1) is 12.2. The molecule has 25 heavy (non-hydrogen) atoms. The summed E-state index contributed by atoms with van der Waals surface area (Å²) in [4.78, 5) is 15.8. The Kier molecular flexibility index (Phi) is 6.44. The highest BCUT2D eigenvalue weighted by Gasteiger charge is 2.11. The van der Waals surface area contributed by atoms with Gasteiger partial charge in [0, 0.05) is 42.0 Å². The third kappa shape index (κ3) is 5.29. The van der Waals surface area contributed by atoms with Crippen LogP contribution in [0.2, 0.25) is 0 Å². The number of benzene rings is 1. The number of carbonyl (C=O) groups excluding carboxylic acids is 1. The van der Waals surface area contributed by atoms with Gasteiger partial charge in [-0.25, -0.2) is 0 Å². The third-order valence-electron chi connectivity index (χ3n) is 4.15. The zero-order valence-electron chi connectivity index (χ0n) is 14.5. The van der Waals surface area contributed by atoms with E-state index in [0.29, 0.717) is 12.1 Å². The Bertz CT molecular complexity index is 678. The van der Waals surface area contributed by atoms with Crippen molar-refractivity contribution >= 4 is 17.2 Å². The fraction of sp³-hybridized carbons (Fsp3) is 0.421. The Balaban J connectivity index is 1.46. The molecule has 5 nitrogen and oxygen atoms in total. The molecular weight excluding hydrogens is 336 g/mol. The van der Waals surface area contributed by atoms with E-state index in [-0.39, 0.29) is 5.91 Å². The second-order valence-electron chi connectivity index (χ2n) is 5.94. The molecule has 0 aliphatic carbocycles. The van der Waals surface area contributed by atoms with Gasteiger partial charge in [-0.05, 0) is 36.8 Å². The summed E-state index contributed by atoms with van der Waals surface area (Å²) in [6.45, 7) is 7.05. The molecule has 2 heterocycles. The highest BCUT2D eigenvalue weighted by molar-refractivity contribution is 7.10. The van der Waals surface area contributed by atoms with Crippen LogP contribution in [0.15, 0.2) is 35.7 Å².